The number of phenolic OH excluding ortho intramolecular Hbond substituents is 1. The summed E-state index contributed by atoms with van der Waals surface area (Å²) in [4.78, 5) is 14.0. The van der Waals surface area contributed by atoms with Crippen molar-refractivity contribution in [1.82, 2.24) is 20.2 Å². The Kier molecular flexibility index (Phi) is 7.05. The number of fused-ring (bicyclic) bond motifs is 4. The zero-order chi connectivity index (χ0) is 32.6. The highest BCUT2D eigenvalue weighted by molar-refractivity contribution is 6.04. The van der Waals surface area contributed by atoms with Crippen LogP contribution in [-0.4, -0.2) is 83.6 Å². The number of rotatable bonds is 7. The Morgan fingerprint density at radius 3 is 2.60 bits per heavy atom. The van der Waals surface area contributed by atoms with Gasteiger partial charge in [0.05, 0.1) is 17.8 Å². The van der Waals surface area contributed by atoms with Crippen molar-refractivity contribution >= 4 is 27.5 Å². The van der Waals surface area contributed by atoms with Gasteiger partial charge in [-0.1, -0.05) is 18.1 Å². The van der Waals surface area contributed by atoms with E-state index in [1.807, 2.05) is 0 Å². The van der Waals surface area contributed by atoms with Gasteiger partial charge in [-0.2, -0.15) is 9.97 Å². The predicted molar refractivity (Wildman–Crippen MR) is 180 cm³/mol. The van der Waals surface area contributed by atoms with Crippen LogP contribution >= 0.6 is 0 Å². The third-order valence-electron chi connectivity index (χ3n) is 11.2. The minimum atomic E-state index is -0.838. The van der Waals surface area contributed by atoms with Gasteiger partial charge in [0.1, 0.15) is 22.9 Å². The minimum Gasteiger partial charge on any atom is -0.508 e. The molecule has 10 heteroatoms. The molecular formula is C38H39F2N5O3. The fourth-order valence-electron chi connectivity index (χ4n) is 8.67. The number of hydrogen-bond donors (Lipinski definition) is 2. The number of terminal acetylenes is 1. The van der Waals surface area contributed by atoms with E-state index in [1.165, 1.54) is 24.6 Å². The maximum atomic E-state index is 16.9. The number of likely N-dealkylation sites (tertiary alicyclic amines) is 1. The van der Waals surface area contributed by atoms with Crippen molar-refractivity contribution in [2.24, 2.45) is 5.41 Å². The van der Waals surface area contributed by atoms with Crippen LogP contribution in [0, 0.1) is 29.4 Å². The molecule has 1 spiro atoms. The quantitative estimate of drug-likeness (QED) is 0.244. The first-order valence-electron chi connectivity index (χ1n) is 17.2. The predicted octanol–water partition coefficient (Wildman–Crippen LogP) is 5.77. The summed E-state index contributed by atoms with van der Waals surface area (Å²) in [5.74, 6) is 1.38. The highest BCUT2D eigenvalue weighted by Crippen LogP contribution is 2.49. The van der Waals surface area contributed by atoms with E-state index < -0.39 is 11.6 Å². The van der Waals surface area contributed by atoms with Gasteiger partial charge in [-0.05, 0) is 74.6 Å². The van der Waals surface area contributed by atoms with Gasteiger partial charge >= 0.3 is 6.01 Å². The molecule has 2 atom stereocenters. The molecule has 3 aromatic carbocycles. The van der Waals surface area contributed by atoms with E-state index in [9.17, 15) is 5.11 Å². The summed E-state index contributed by atoms with van der Waals surface area (Å²) in [6.07, 6.45) is 13.5. The van der Waals surface area contributed by atoms with E-state index in [-0.39, 0.29) is 51.5 Å². The monoisotopic (exact) mass is 651 g/mol. The summed E-state index contributed by atoms with van der Waals surface area (Å²) in [5.41, 5.74) is 0.364. The number of piperazine rings is 1. The third-order valence-corrected chi connectivity index (χ3v) is 11.2. The smallest absolute Gasteiger partial charge is 0.319 e. The zero-order valence-electron chi connectivity index (χ0n) is 26.9. The molecule has 5 fully saturated rings. The molecule has 4 aliphatic heterocycles. The summed E-state index contributed by atoms with van der Waals surface area (Å²) in [6, 6.07) is 10.1. The lowest BCUT2D eigenvalue weighted by atomic mass is 9.85. The number of anilines is 1. The van der Waals surface area contributed by atoms with Crippen molar-refractivity contribution in [1.29, 1.82) is 0 Å². The van der Waals surface area contributed by atoms with Crippen LogP contribution in [0.25, 0.3) is 32.8 Å². The molecule has 2 unspecified atom stereocenters. The lowest BCUT2D eigenvalue weighted by Gasteiger charge is -2.52. The summed E-state index contributed by atoms with van der Waals surface area (Å²) in [6.45, 7) is 5.48. The van der Waals surface area contributed by atoms with Gasteiger partial charge < -0.3 is 24.8 Å². The molecule has 4 aromatic rings. The van der Waals surface area contributed by atoms with Gasteiger partial charge in [0.15, 0.2) is 5.82 Å². The summed E-state index contributed by atoms with van der Waals surface area (Å²) in [5, 5.41) is 15.6. The molecular weight excluding hydrogens is 612 g/mol. The van der Waals surface area contributed by atoms with Gasteiger partial charge in [-0.25, -0.2) is 8.78 Å². The fourth-order valence-corrected chi connectivity index (χ4v) is 8.67. The van der Waals surface area contributed by atoms with E-state index in [0.717, 1.165) is 64.8 Å². The number of phenols is 1. The van der Waals surface area contributed by atoms with Crippen LogP contribution in [0.1, 0.15) is 50.5 Å². The Labute approximate surface area is 278 Å². The van der Waals surface area contributed by atoms with Gasteiger partial charge in [0, 0.05) is 78.7 Å². The van der Waals surface area contributed by atoms with Crippen LogP contribution in [-0.2, 0) is 4.74 Å². The lowest BCUT2D eigenvalue weighted by Crippen LogP contribution is -2.65. The first kappa shape index (κ1) is 30.1. The number of ether oxygens (including phenoxy) is 2. The molecule has 248 valence electrons. The molecule has 48 heavy (non-hydrogen) atoms. The maximum absolute atomic E-state index is 16.9. The first-order valence-corrected chi connectivity index (χ1v) is 17.2. The van der Waals surface area contributed by atoms with Crippen molar-refractivity contribution in [2.45, 2.75) is 62.6 Å². The highest BCUT2D eigenvalue weighted by atomic mass is 19.1. The molecule has 2 bridgehead atoms. The Hall–Kier alpha value is -4.04. The normalized spacial score (nSPS) is 24.1. The van der Waals surface area contributed by atoms with Crippen molar-refractivity contribution in [3.63, 3.8) is 0 Å². The molecule has 0 radical (unpaired) electrons. The SMILES string of the molecule is C#Cc1cccc2cc(O)cc(-c3c(F)cc4c(N5CC6CCC(C5)N6)nc(OCC5(CN6CC7(CCCCO7)C6)CC5)nc4c3F)c12. The van der Waals surface area contributed by atoms with E-state index in [2.05, 4.69) is 26.0 Å². The second kappa shape index (κ2) is 11.3. The Bertz CT molecular complexity index is 1970. The average molecular weight is 652 g/mol. The largest absolute Gasteiger partial charge is 0.508 e. The van der Waals surface area contributed by atoms with Gasteiger partial charge in [0.2, 0.25) is 0 Å². The van der Waals surface area contributed by atoms with Gasteiger partial charge in [-0.3, -0.25) is 4.90 Å². The fraction of sp³-hybridized carbons (Fsp3) is 0.474. The Balaban J connectivity index is 1.09. The highest BCUT2D eigenvalue weighted by Gasteiger charge is 2.51. The van der Waals surface area contributed by atoms with E-state index >= 15 is 8.78 Å². The van der Waals surface area contributed by atoms with Crippen LogP contribution in [0.4, 0.5) is 14.6 Å². The molecule has 2 N–H and O–H groups in total. The summed E-state index contributed by atoms with van der Waals surface area (Å²) in [7, 11) is 0. The number of nitrogens with one attached hydrogen (secondary N) is 1. The number of aromatic nitrogens is 2. The second-order valence-electron chi connectivity index (χ2n) is 14.8. The molecule has 5 heterocycles. The van der Waals surface area contributed by atoms with E-state index in [0.29, 0.717) is 47.2 Å². The Morgan fingerprint density at radius 2 is 1.88 bits per heavy atom. The van der Waals surface area contributed by atoms with Crippen LogP contribution in [0.15, 0.2) is 36.4 Å². The van der Waals surface area contributed by atoms with Crippen molar-refractivity contribution < 1.29 is 23.4 Å². The number of benzene rings is 3. The molecule has 0 amide bonds. The van der Waals surface area contributed by atoms with Crippen molar-refractivity contribution in [2.75, 3.05) is 50.8 Å². The molecule has 4 saturated heterocycles. The number of halogens is 2. The molecule has 1 saturated carbocycles. The van der Waals surface area contributed by atoms with Crippen molar-refractivity contribution in [3.8, 4) is 35.2 Å². The maximum Gasteiger partial charge on any atom is 0.319 e. The van der Waals surface area contributed by atoms with Crippen LogP contribution < -0.4 is 15.0 Å². The zero-order valence-corrected chi connectivity index (χ0v) is 26.9. The van der Waals surface area contributed by atoms with Gasteiger partial charge in [-0.15, -0.1) is 6.42 Å². The Morgan fingerprint density at radius 1 is 1.06 bits per heavy atom. The number of hydrogen-bond acceptors (Lipinski definition) is 8. The lowest BCUT2D eigenvalue weighted by molar-refractivity contribution is -0.170. The molecule has 8 nitrogen and oxygen atoms in total. The topological polar surface area (TPSA) is 83.0 Å². The molecule has 5 aliphatic rings. The summed E-state index contributed by atoms with van der Waals surface area (Å²) < 4.78 is 45.7. The number of aromatic hydroxyl groups is 1. The van der Waals surface area contributed by atoms with Crippen LogP contribution in [0.3, 0.4) is 0 Å². The minimum absolute atomic E-state index is 0.00150. The standard InChI is InChI=1S/C38H39F2N5O3/c1-2-23-6-5-7-24-14-27(46)15-28(31(23)24)32-30(39)16-29-34(33(32)40)42-36(43-35(29)45-17-25-8-9-26(18-45)41-25)47-22-37(11-12-37)19-44-20-38(21-44)10-3-4-13-48-38/h1,5-7,14-16,25-26,41,46H,3-4,8-13,17-22H2. The summed E-state index contributed by atoms with van der Waals surface area (Å²) >= 11 is 0. The molecule has 1 aromatic heterocycles. The van der Waals surface area contributed by atoms with E-state index in [1.54, 1.807) is 18.2 Å². The second-order valence-corrected chi connectivity index (χ2v) is 14.8. The first-order chi connectivity index (χ1) is 23.3. The molecule has 1 aliphatic carbocycles. The van der Waals surface area contributed by atoms with E-state index in [4.69, 9.17) is 20.9 Å². The molecule has 9 rings (SSSR count). The van der Waals surface area contributed by atoms with Gasteiger partial charge in [0.25, 0.3) is 0 Å². The van der Waals surface area contributed by atoms with Crippen molar-refractivity contribution in [3.05, 3.63) is 53.6 Å². The average Bonchev–Trinajstić information content (AvgIpc) is 3.76. The third kappa shape index (κ3) is 5.15. The number of nitrogens with zero attached hydrogens (tertiary/aromatic N) is 4. The van der Waals surface area contributed by atoms with Crippen LogP contribution in [0.5, 0.6) is 11.8 Å². The van der Waals surface area contributed by atoms with Crippen LogP contribution in [0.2, 0.25) is 0 Å².